The predicted octanol–water partition coefficient (Wildman–Crippen LogP) is 5.19. The Morgan fingerprint density at radius 1 is 0.970 bits per heavy atom. The zero-order valence-electron chi connectivity index (χ0n) is 21.0. The molecule has 0 aromatic heterocycles. The summed E-state index contributed by atoms with van der Waals surface area (Å²) in [4.78, 5) is 20.6. The number of hydrogen-bond donors (Lipinski definition) is 0. The van der Waals surface area contributed by atoms with Crippen molar-refractivity contribution in [3.05, 3.63) is 24.3 Å². The van der Waals surface area contributed by atoms with E-state index in [0.29, 0.717) is 11.9 Å². The van der Waals surface area contributed by atoms with Crippen molar-refractivity contribution in [2.24, 2.45) is 11.8 Å². The monoisotopic (exact) mass is 455 g/mol. The van der Waals surface area contributed by atoms with Gasteiger partial charge in [-0.2, -0.15) is 0 Å². The first-order valence-electron chi connectivity index (χ1n) is 13.5. The average molecular weight is 456 g/mol. The van der Waals surface area contributed by atoms with Crippen LogP contribution in [0.25, 0.3) is 0 Å². The van der Waals surface area contributed by atoms with Crippen molar-refractivity contribution < 1.29 is 9.53 Å². The molecule has 33 heavy (non-hydrogen) atoms. The lowest BCUT2D eigenvalue weighted by Crippen LogP contribution is -2.53. The third-order valence-electron chi connectivity index (χ3n) is 8.45. The van der Waals surface area contributed by atoms with Gasteiger partial charge in [0, 0.05) is 51.7 Å². The molecule has 1 heterocycles. The molecular formula is C28H45N3O2. The maximum Gasteiger partial charge on any atom is 0.225 e. The van der Waals surface area contributed by atoms with Crippen molar-refractivity contribution in [3.63, 3.8) is 0 Å². The number of rotatable bonds is 8. The molecule has 5 heteroatoms. The van der Waals surface area contributed by atoms with Crippen LogP contribution in [0.15, 0.2) is 24.3 Å². The van der Waals surface area contributed by atoms with Gasteiger partial charge >= 0.3 is 0 Å². The highest BCUT2D eigenvalue weighted by molar-refractivity contribution is 5.79. The van der Waals surface area contributed by atoms with Crippen LogP contribution in [0.2, 0.25) is 0 Å². The summed E-state index contributed by atoms with van der Waals surface area (Å²) in [7, 11) is 3.86. The van der Waals surface area contributed by atoms with E-state index < -0.39 is 0 Å². The van der Waals surface area contributed by atoms with Gasteiger partial charge in [-0.3, -0.25) is 9.69 Å². The minimum atomic E-state index is 0.264. The Labute approximate surface area is 201 Å². The molecule has 4 rings (SSSR count). The second kappa shape index (κ2) is 12.1. The quantitative estimate of drug-likeness (QED) is 0.540. The lowest BCUT2D eigenvalue weighted by atomic mass is 9.83. The number of ether oxygens (including phenoxy) is 1. The first-order chi connectivity index (χ1) is 16.2. The smallest absolute Gasteiger partial charge is 0.225 e. The highest BCUT2D eigenvalue weighted by atomic mass is 16.5. The number of hydrogen-bond acceptors (Lipinski definition) is 4. The number of methoxy groups -OCH3 is 1. The van der Waals surface area contributed by atoms with E-state index in [1.165, 1.54) is 63.5 Å². The molecule has 1 aromatic rings. The van der Waals surface area contributed by atoms with Gasteiger partial charge in [0.15, 0.2) is 0 Å². The molecule has 1 aromatic carbocycles. The normalized spacial score (nSPS) is 22.2. The van der Waals surface area contributed by atoms with Crippen LogP contribution in [0.5, 0.6) is 5.75 Å². The van der Waals surface area contributed by atoms with Crippen LogP contribution >= 0.6 is 0 Å². The Balaban J connectivity index is 1.37. The van der Waals surface area contributed by atoms with Crippen LogP contribution in [-0.4, -0.2) is 68.6 Å². The molecule has 184 valence electrons. The number of likely N-dealkylation sites (N-methyl/N-ethyl adjacent to an activating group) is 1. The molecule has 2 aliphatic carbocycles. The molecule has 3 aliphatic rings. The minimum Gasteiger partial charge on any atom is -0.495 e. The molecule has 0 spiro atoms. The van der Waals surface area contributed by atoms with E-state index in [4.69, 9.17) is 4.74 Å². The third kappa shape index (κ3) is 6.44. The van der Waals surface area contributed by atoms with Crippen molar-refractivity contribution in [2.45, 2.75) is 76.7 Å². The number of carbonyl (C=O) groups excluding carboxylic acids is 1. The van der Waals surface area contributed by atoms with Crippen molar-refractivity contribution >= 4 is 11.6 Å². The van der Waals surface area contributed by atoms with Crippen LogP contribution in [0.4, 0.5) is 5.69 Å². The lowest BCUT2D eigenvalue weighted by molar-refractivity contribution is -0.138. The van der Waals surface area contributed by atoms with Gasteiger partial charge in [-0.05, 0) is 37.3 Å². The average Bonchev–Trinajstić information content (AvgIpc) is 2.89. The number of benzene rings is 1. The summed E-state index contributed by atoms with van der Waals surface area (Å²) >= 11 is 0. The van der Waals surface area contributed by atoms with Gasteiger partial charge in [0.1, 0.15) is 5.75 Å². The van der Waals surface area contributed by atoms with E-state index in [1.54, 1.807) is 7.11 Å². The zero-order valence-corrected chi connectivity index (χ0v) is 21.0. The number of para-hydroxylation sites is 2. The summed E-state index contributed by atoms with van der Waals surface area (Å²) < 4.78 is 5.59. The maximum atomic E-state index is 13.4. The highest BCUT2D eigenvalue weighted by Crippen LogP contribution is 2.32. The molecule has 3 fully saturated rings. The van der Waals surface area contributed by atoms with E-state index in [-0.39, 0.29) is 5.92 Å². The van der Waals surface area contributed by atoms with Gasteiger partial charge in [-0.15, -0.1) is 0 Å². The van der Waals surface area contributed by atoms with Crippen LogP contribution in [0.1, 0.15) is 70.6 Å². The standard InChI is InChI=1S/C28H45N3O2/c1-29(28(32)24-13-7-4-8-14-24)25(21-23-11-5-3-6-12-23)22-30-17-19-31(20-18-30)26-15-9-10-16-27(26)33-2/h9-10,15-16,23-25H,3-8,11-14,17-22H2,1-2H3. The fourth-order valence-electron chi connectivity index (χ4n) is 6.34. The lowest BCUT2D eigenvalue weighted by Gasteiger charge is -2.41. The number of piperazine rings is 1. The maximum absolute atomic E-state index is 13.4. The van der Waals surface area contributed by atoms with E-state index in [9.17, 15) is 4.79 Å². The minimum absolute atomic E-state index is 0.264. The van der Waals surface area contributed by atoms with E-state index >= 15 is 0 Å². The Morgan fingerprint density at radius 3 is 2.27 bits per heavy atom. The SMILES string of the molecule is COc1ccccc1N1CCN(CC(CC2CCCCC2)N(C)C(=O)C2CCCCC2)CC1. The Kier molecular flexibility index (Phi) is 8.94. The number of amides is 1. The molecule has 2 saturated carbocycles. The summed E-state index contributed by atoms with van der Waals surface area (Å²) in [6.45, 7) is 5.13. The summed E-state index contributed by atoms with van der Waals surface area (Å²) in [6, 6.07) is 8.69. The van der Waals surface area contributed by atoms with Crippen LogP contribution < -0.4 is 9.64 Å². The highest BCUT2D eigenvalue weighted by Gasteiger charge is 2.32. The van der Waals surface area contributed by atoms with Crippen molar-refractivity contribution in [3.8, 4) is 5.75 Å². The summed E-state index contributed by atoms with van der Waals surface area (Å²) in [5.41, 5.74) is 1.20. The second-order valence-electron chi connectivity index (χ2n) is 10.6. The third-order valence-corrected chi connectivity index (χ3v) is 8.45. The molecule has 0 N–H and O–H groups in total. The van der Waals surface area contributed by atoms with Gasteiger partial charge in [0.05, 0.1) is 12.8 Å². The Hall–Kier alpha value is -1.75. The van der Waals surface area contributed by atoms with Crippen LogP contribution in [0.3, 0.4) is 0 Å². The molecule has 1 atom stereocenters. The molecule has 1 amide bonds. The summed E-state index contributed by atoms with van der Waals surface area (Å²) in [6.07, 6.45) is 14.0. The molecule has 1 unspecified atom stereocenters. The van der Waals surface area contributed by atoms with Crippen molar-refractivity contribution in [2.75, 3.05) is 51.8 Å². The van der Waals surface area contributed by atoms with Crippen LogP contribution in [0, 0.1) is 11.8 Å². The van der Waals surface area contributed by atoms with Gasteiger partial charge in [0.2, 0.25) is 5.91 Å². The largest absolute Gasteiger partial charge is 0.495 e. The van der Waals surface area contributed by atoms with E-state index in [0.717, 1.165) is 57.2 Å². The summed E-state index contributed by atoms with van der Waals surface area (Å²) in [5.74, 6) is 2.43. The molecule has 1 saturated heterocycles. The fourth-order valence-corrected chi connectivity index (χ4v) is 6.34. The van der Waals surface area contributed by atoms with Crippen molar-refractivity contribution in [1.29, 1.82) is 0 Å². The topological polar surface area (TPSA) is 36.0 Å². The molecule has 5 nitrogen and oxygen atoms in total. The van der Waals surface area contributed by atoms with E-state index in [1.807, 2.05) is 12.1 Å². The Bertz CT molecular complexity index is 734. The number of nitrogens with zero attached hydrogens (tertiary/aromatic N) is 3. The number of anilines is 1. The zero-order chi connectivity index (χ0) is 23.0. The molecule has 1 aliphatic heterocycles. The molecule has 0 bridgehead atoms. The van der Waals surface area contributed by atoms with Gasteiger partial charge < -0.3 is 14.5 Å². The fraction of sp³-hybridized carbons (Fsp3) is 0.750. The van der Waals surface area contributed by atoms with E-state index in [2.05, 4.69) is 33.9 Å². The first-order valence-corrected chi connectivity index (χ1v) is 13.5. The summed E-state index contributed by atoms with van der Waals surface area (Å²) in [5, 5.41) is 0. The Morgan fingerprint density at radius 2 is 1.61 bits per heavy atom. The van der Waals surface area contributed by atoms with Gasteiger partial charge in [-0.25, -0.2) is 0 Å². The van der Waals surface area contributed by atoms with Gasteiger partial charge in [-0.1, -0.05) is 63.5 Å². The first kappa shape index (κ1) is 24.4. The number of carbonyl (C=O) groups is 1. The van der Waals surface area contributed by atoms with Gasteiger partial charge in [0.25, 0.3) is 0 Å². The molecule has 0 radical (unpaired) electrons. The molecular weight excluding hydrogens is 410 g/mol. The predicted molar refractivity (Wildman–Crippen MR) is 136 cm³/mol. The second-order valence-corrected chi connectivity index (χ2v) is 10.6. The van der Waals surface area contributed by atoms with Crippen LogP contribution in [-0.2, 0) is 4.79 Å². The van der Waals surface area contributed by atoms with Crippen molar-refractivity contribution in [1.82, 2.24) is 9.80 Å².